The highest BCUT2D eigenvalue weighted by Gasteiger charge is 2.15. The molecule has 1 heterocycles. The monoisotopic (exact) mass is 719 g/mol. The van der Waals surface area contributed by atoms with Crippen molar-refractivity contribution in [2.24, 2.45) is 0 Å². The van der Waals surface area contributed by atoms with Gasteiger partial charge in [0.15, 0.2) is 0 Å². The van der Waals surface area contributed by atoms with Crippen LogP contribution in [0.3, 0.4) is 0 Å². The number of aromatic nitrogens is 1. The minimum atomic E-state index is 0.866. The summed E-state index contributed by atoms with van der Waals surface area (Å²) in [6.07, 6.45) is 3.86. The van der Waals surface area contributed by atoms with Gasteiger partial charge in [-0.1, -0.05) is 176 Å². The molecule has 0 aliphatic rings. The second kappa shape index (κ2) is 16.0. The Morgan fingerprint density at radius 3 is 1.30 bits per heavy atom. The third-order valence-corrected chi connectivity index (χ3v) is 10.3. The Labute approximate surface area is 327 Å². The second-order valence-electron chi connectivity index (χ2n) is 14.2. The largest absolute Gasteiger partial charge is 0.353 e. The van der Waals surface area contributed by atoms with Gasteiger partial charge in [-0.05, 0) is 80.4 Å². The summed E-state index contributed by atoms with van der Waals surface area (Å²) in [5.41, 5.74) is 9.40. The van der Waals surface area contributed by atoms with Crippen LogP contribution in [0.4, 0.5) is 22.7 Å². The van der Waals surface area contributed by atoms with Crippen LogP contribution in [0.5, 0.6) is 0 Å². The molecule has 268 valence electrons. The molecule has 56 heavy (non-hydrogen) atoms. The summed E-state index contributed by atoms with van der Waals surface area (Å²) < 4.78 is 0. The van der Waals surface area contributed by atoms with E-state index in [9.17, 15) is 0 Å². The first-order valence-corrected chi connectivity index (χ1v) is 19.2. The van der Waals surface area contributed by atoms with Gasteiger partial charge in [0.25, 0.3) is 0 Å². The summed E-state index contributed by atoms with van der Waals surface area (Å²) in [7, 11) is 0. The standard InChI is InChI=1S/C27H21N.C26H20N2/c1-3-7-20(8-4-1)15-22-11-14-26-23(16-22)12-13-24-18-25(28-19-27(24)26)17-21-9-5-2-6-10-21;1-3-11-19(12-4-1)27-25-23-17-9-7-15-21(23)22-16-8-10-18-24(22)26(25)28-20-13-5-2-6-14-20/h1-14,16,18-19H,15,17H2;1-18,27-28H. The molecule has 0 atom stereocenters. The molecule has 0 unspecified atom stereocenters. The van der Waals surface area contributed by atoms with Gasteiger partial charge in [0.05, 0.1) is 11.4 Å². The van der Waals surface area contributed by atoms with Crippen LogP contribution in [0, 0.1) is 0 Å². The Balaban J connectivity index is 0.000000146. The van der Waals surface area contributed by atoms with Crippen molar-refractivity contribution in [3.8, 4) is 0 Å². The number of anilines is 4. The number of hydrogen-bond donors (Lipinski definition) is 2. The summed E-state index contributed by atoms with van der Waals surface area (Å²) in [6, 6.07) is 72.4. The van der Waals surface area contributed by atoms with Crippen LogP contribution < -0.4 is 10.6 Å². The van der Waals surface area contributed by atoms with Crippen LogP contribution in [0.2, 0.25) is 0 Å². The van der Waals surface area contributed by atoms with Gasteiger partial charge < -0.3 is 10.6 Å². The number of nitrogens with zero attached hydrogens (tertiary/aromatic N) is 1. The van der Waals surface area contributed by atoms with E-state index < -0.39 is 0 Å². The highest BCUT2D eigenvalue weighted by atomic mass is 15.0. The van der Waals surface area contributed by atoms with Crippen LogP contribution in [0.15, 0.2) is 212 Å². The highest BCUT2D eigenvalue weighted by molar-refractivity contribution is 6.21. The number of benzene rings is 9. The fraction of sp³-hybridized carbons (Fsp3) is 0.0377. The number of pyridine rings is 1. The first kappa shape index (κ1) is 34.5. The predicted molar refractivity (Wildman–Crippen MR) is 239 cm³/mol. The maximum atomic E-state index is 4.74. The maximum Gasteiger partial charge on any atom is 0.0709 e. The molecule has 10 rings (SSSR count). The summed E-state index contributed by atoms with van der Waals surface area (Å²) in [5, 5.41) is 17.2. The van der Waals surface area contributed by atoms with Crippen molar-refractivity contribution in [1.29, 1.82) is 0 Å². The van der Waals surface area contributed by atoms with Gasteiger partial charge in [0.2, 0.25) is 0 Å². The fourth-order valence-corrected chi connectivity index (χ4v) is 7.63. The molecule has 1 aromatic heterocycles. The van der Waals surface area contributed by atoms with Gasteiger partial charge >= 0.3 is 0 Å². The Hall–Kier alpha value is -7.23. The predicted octanol–water partition coefficient (Wildman–Crippen LogP) is 14.0. The van der Waals surface area contributed by atoms with Gasteiger partial charge in [-0.25, -0.2) is 0 Å². The normalized spacial score (nSPS) is 11.0. The van der Waals surface area contributed by atoms with Crippen molar-refractivity contribution >= 4 is 65.8 Å². The lowest BCUT2D eigenvalue weighted by Crippen LogP contribution is -2.00. The van der Waals surface area contributed by atoms with Gasteiger partial charge in [0.1, 0.15) is 0 Å². The van der Waals surface area contributed by atoms with E-state index in [4.69, 9.17) is 4.98 Å². The third kappa shape index (κ3) is 7.57. The lowest BCUT2D eigenvalue weighted by Gasteiger charge is -2.20. The minimum absolute atomic E-state index is 0.866. The maximum absolute atomic E-state index is 4.74. The van der Waals surface area contributed by atoms with E-state index in [1.807, 2.05) is 18.3 Å². The van der Waals surface area contributed by atoms with E-state index >= 15 is 0 Å². The molecule has 0 radical (unpaired) electrons. The second-order valence-corrected chi connectivity index (χ2v) is 14.2. The van der Waals surface area contributed by atoms with Crippen molar-refractivity contribution in [3.63, 3.8) is 0 Å². The van der Waals surface area contributed by atoms with Crippen LogP contribution in [0.1, 0.15) is 22.4 Å². The molecule has 3 nitrogen and oxygen atoms in total. The Bertz CT molecular complexity index is 2690. The molecule has 2 N–H and O–H groups in total. The first-order valence-electron chi connectivity index (χ1n) is 19.2. The van der Waals surface area contributed by atoms with Crippen LogP contribution >= 0.6 is 0 Å². The number of para-hydroxylation sites is 2. The van der Waals surface area contributed by atoms with Crippen molar-refractivity contribution in [1.82, 2.24) is 4.98 Å². The van der Waals surface area contributed by atoms with Gasteiger partial charge in [0, 0.05) is 45.8 Å². The van der Waals surface area contributed by atoms with E-state index in [1.165, 1.54) is 59.8 Å². The zero-order valence-electron chi connectivity index (χ0n) is 31.1. The van der Waals surface area contributed by atoms with Crippen molar-refractivity contribution in [2.75, 3.05) is 10.6 Å². The molecule has 10 aromatic rings. The lowest BCUT2D eigenvalue weighted by molar-refractivity contribution is 1.09. The van der Waals surface area contributed by atoms with Gasteiger partial charge in [-0.3, -0.25) is 4.98 Å². The molecule has 0 amide bonds. The zero-order chi connectivity index (χ0) is 37.5. The van der Waals surface area contributed by atoms with Crippen molar-refractivity contribution < 1.29 is 0 Å². The van der Waals surface area contributed by atoms with Crippen LogP contribution in [-0.4, -0.2) is 4.98 Å². The van der Waals surface area contributed by atoms with Gasteiger partial charge in [-0.2, -0.15) is 0 Å². The summed E-state index contributed by atoms with van der Waals surface area (Å²) in [6.45, 7) is 0. The molecule has 3 heteroatoms. The number of hydrogen-bond acceptors (Lipinski definition) is 3. The number of nitrogens with one attached hydrogen (secondary N) is 2. The Kier molecular flexibility index (Phi) is 9.88. The zero-order valence-corrected chi connectivity index (χ0v) is 31.1. The first-order chi connectivity index (χ1) is 27.7. The van der Waals surface area contributed by atoms with Crippen molar-refractivity contribution in [2.45, 2.75) is 12.8 Å². The molecule has 9 aromatic carbocycles. The molecule has 0 spiro atoms. The van der Waals surface area contributed by atoms with E-state index in [2.05, 4.69) is 205 Å². The molecular formula is C53H41N3. The van der Waals surface area contributed by atoms with Gasteiger partial charge in [-0.15, -0.1) is 0 Å². The average molecular weight is 720 g/mol. The summed E-state index contributed by atoms with van der Waals surface area (Å²) >= 11 is 0. The molecule has 0 fully saturated rings. The van der Waals surface area contributed by atoms with Crippen LogP contribution in [-0.2, 0) is 12.8 Å². The van der Waals surface area contributed by atoms with E-state index in [0.717, 1.165) is 41.3 Å². The van der Waals surface area contributed by atoms with Crippen molar-refractivity contribution in [3.05, 3.63) is 235 Å². The number of fused-ring (bicyclic) bond motifs is 6. The minimum Gasteiger partial charge on any atom is -0.353 e. The SMILES string of the molecule is c1ccc(Cc2ccc3c(ccc4cc(Cc5ccccc5)ncc43)c2)cc1.c1ccc(Nc2c(Nc3ccccc3)c3ccccc3c3ccccc23)cc1. The highest BCUT2D eigenvalue weighted by Crippen LogP contribution is 2.42. The Morgan fingerprint density at radius 2 is 0.768 bits per heavy atom. The molecule has 0 bridgehead atoms. The van der Waals surface area contributed by atoms with Crippen LogP contribution in [0.25, 0.3) is 43.1 Å². The molecule has 0 aliphatic carbocycles. The Morgan fingerprint density at radius 1 is 0.321 bits per heavy atom. The van der Waals surface area contributed by atoms with E-state index in [-0.39, 0.29) is 0 Å². The number of rotatable bonds is 8. The summed E-state index contributed by atoms with van der Waals surface area (Å²) in [4.78, 5) is 4.74. The van der Waals surface area contributed by atoms with E-state index in [0.29, 0.717) is 0 Å². The lowest BCUT2D eigenvalue weighted by atomic mass is 9.97. The molecular weight excluding hydrogens is 679 g/mol. The molecule has 0 saturated carbocycles. The topological polar surface area (TPSA) is 37.0 Å². The quantitative estimate of drug-likeness (QED) is 0.121. The molecule has 0 aliphatic heterocycles. The third-order valence-electron chi connectivity index (χ3n) is 10.3. The fourth-order valence-electron chi connectivity index (χ4n) is 7.63. The molecule has 0 saturated heterocycles. The summed E-state index contributed by atoms with van der Waals surface area (Å²) in [5.74, 6) is 0. The smallest absolute Gasteiger partial charge is 0.0709 e. The van der Waals surface area contributed by atoms with E-state index in [1.54, 1.807) is 0 Å². The average Bonchev–Trinajstić information content (AvgIpc) is 3.26.